The topological polar surface area (TPSA) is 121 Å². The third kappa shape index (κ3) is 5.28. The highest BCUT2D eigenvalue weighted by molar-refractivity contribution is 5.80. The molecule has 0 aliphatic carbocycles. The lowest BCUT2D eigenvalue weighted by Crippen LogP contribution is -2.32. The number of nitrogens with one attached hydrogen (secondary N) is 1. The highest BCUT2D eigenvalue weighted by Crippen LogP contribution is 2.34. The molecule has 0 bridgehead atoms. The molecule has 0 spiro atoms. The number of aromatic amines is 1. The van der Waals surface area contributed by atoms with E-state index in [-0.39, 0.29) is 18.4 Å². The molecule has 1 atom stereocenters. The van der Waals surface area contributed by atoms with Gasteiger partial charge >= 0.3 is 0 Å². The summed E-state index contributed by atoms with van der Waals surface area (Å²) in [5.41, 5.74) is 2.26. The van der Waals surface area contributed by atoms with Gasteiger partial charge < -0.3 is 23.6 Å². The Morgan fingerprint density at radius 2 is 1.98 bits per heavy atom. The molecule has 0 amide bonds. The smallest absolute Gasteiger partial charge is 0.252 e. The normalized spacial score (nSPS) is 13.3. The van der Waals surface area contributed by atoms with Crippen LogP contribution in [0.3, 0.4) is 0 Å². The van der Waals surface area contributed by atoms with E-state index in [2.05, 4.69) is 32.3 Å². The van der Waals surface area contributed by atoms with Gasteiger partial charge in [0.2, 0.25) is 6.79 Å². The van der Waals surface area contributed by atoms with E-state index in [1.807, 2.05) is 61.5 Å². The molecule has 11 nitrogen and oxygen atoms in total. The van der Waals surface area contributed by atoms with E-state index in [0.717, 1.165) is 33.7 Å². The number of hydrogen-bond donors (Lipinski definition) is 1. The number of nitrogens with zero attached hydrogens (tertiary/aromatic N) is 5. The molecule has 0 saturated heterocycles. The van der Waals surface area contributed by atoms with Crippen molar-refractivity contribution in [2.75, 3.05) is 13.4 Å². The van der Waals surface area contributed by atoms with Gasteiger partial charge in [-0.25, -0.2) is 4.68 Å². The number of aromatic nitrogens is 5. The second kappa shape index (κ2) is 11.2. The summed E-state index contributed by atoms with van der Waals surface area (Å²) < 4.78 is 24.1. The molecular weight excluding hydrogens is 512 g/mol. The van der Waals surface area contributed by atoms with E-state index in [9.17, 15) is 4.79 Å². The average Bonchev–Trinajstić information content (AvgIpc) is 3.73. The van der Waals surface area contributed by atoms with Crippen LogP contribution in [-0.4, -0.2) is 43.5 Å². The fourth-order valence-corrected chi connectivity index (χ4v) is 5.09. The standard InChI is InChI=1S/C29H30N6O5/c1-3-25(28-31-32-33-35(28)17-23-6-5-11-38-23)34(15-19-7-10-26-27(12-19)40-18-39-26)16-21-13-20-14-22(37-4-2)8-9-24(20)30-29(21)36/h5-14,25H,3-4,15-18H2,1-2H3,(H,30,36). The van der Waals surface area contributed by atoms with Crippen molar-refractivity contribution in [3.8, 4) is 17.2 Å². The van der Waals surface area contributed by atoms with Gasteiger partial charge in [0, 0.05) is 29.6 Å². The zero-order chi connectivity index (χ0) is 27.5. The summed E-state index contributed by atoms with van der Waals surface area (Å²) >= 11 is 0. The molecule has 0 radical (unpaired) electrons. The van der Waals surface area contributed by atoms with E-state index >= 15 is 0 Å². The molecule has 2 aromatic carbocycles. The maximum Gasteiger partial charge on any atom is 0.252 e. The number of hydrogen-bond acceptors (Lipinski definition) is 9. The molecule has 6 rings (SSSR count). The summed E-state index contributed by atoms with van der Waals surface area (Å²) in [6.45, 7) is 6.10. The second-order valence-electron chi connectivity index (χ2n) is 9.60. The number of ether oxygens (including phenoxy) is 3. The van der Waals surface area contributed by atoms with Crippen molar-refractivity contribution in [3.05, 3.63) is 93.9 Å². The van der Waals surface area contributed by atoms with E-state index < -0.39 is 0 Å². The van der Waals surface area contributed by atoms with Crippen molar-refractivity contribution in [1.29, 1.82) is 0 Å². The van der Waals surface area contributed by atoms with Crippen molar-refractivity contribution < 1.29 is 18.6 Å². The Kier molecular flexibility index (Phi) is 7.19. The fraction of sp³-hybridized carbons (Fsp3) is 0.310. The quantitative estimate of drug-likeness (QED) is 0.258. The third-order valence-corrected chi connectivity index (χ3v) is 6.97. The van der Waals surface area contributed by atoms with Crippen LogP contribution >= 0.6 is 0 Å². The lowest BCUT2D eigenvalue weighted by Gasteiger charge is -2.30. The predicted octanol–water partition coefficient (Wildman–Crippen LogP) is 4.44. The van der Waals surface area contributed by atoms with Crippen LogP contribution in [0, 0.1) is 0 Å². The van der Waals surface area contributed by atoms with Crippen LogP contribution in [-0.2, 0) is 19.6 Å². The number of tetrazole rings is 1. The first kappa shape index (κ1) is 25.6. The average molecular weight is 543 g/mol. The summed E-state index contributed by atoms with van der Waals surface area (Å²) in [5.74, 6) is 3.63. The Bertz CT molecular complexity index is 1660. The molecule has 5 aromatic rings. The van der Waals surface area contributed by atoms with E-state index in [0.29, 0.717) is 49.8 Å². The van der Waals surface area contributed by atoms with Gasteiger partial charge in [-0.1, -0.05) is 13.0 Å². The first-order valence-corrected chi connectivity index (χ1v) is 13.3. The number of pyridine rings is 1. The number of benzene rings is 2. The monoisotopic (exact) mass is 542 g/mol. The van der Waals surface area contributed by atoms with Gasteiger partial charge in [0.05, 0.1) is 18.9 Å². The summed E-state index contributed by atoms with van der Waals surface area (Å²) in [4.78, 5) is 18.5. The van der Waals surface area contributed by atoms with Gasteiger partial charge in [-0.3, -0.25) is 9.69 Å². The molecule has 206 valence electrons. The molecule has 1 aliphatic heterocycles. The highest BCUT2D eigenvalue weighted by atomic mass is 16.7. The van der Waals surface area contributed by atoms with Crippen molar-refractivity contribution in [3.63, 3.8) is 0 Å². The van der Waals surface area contributed by atoms with Crippen LogP contribution < -0.4 is 19.8 Å². The molecule has 0 fully saturated rings. The zero-order valence-corrected chi connectivity index (χ0v) is 22.4. The largest absolute Gasteiger partial charge is 0.494 e. The molecule has 1 unspecified atom stereocenters. The maximum absolute atomic E-state index is 13.3. The lowest BCUT2D eigenvalue weighted by molar-refractivity contribution is 0.160. The van der Waals surface area contributed by atoms with Crippen LogP contribution in [0.4, 0.5) is 0 Å². The zero-order valence-electron chi connectivity index (χ0n) is 22.4. The van der Waals surface area contributed by atoms with Crippen LogP contribution in [0.15, 0.2) is 70.1 Å². The summed E-state index contributed by atoms with van der Waals surface area (Å²) in [7, 11) is 0. The molecule has 1 N–H and O–H groups in total. The summed E-state index contributed by atoms with van der Waals surface area (Å²) in [6.07, 6.45) is 2.34. The Balaban J connectivity index is 1.37. The molecule has 1 aliphatic rings. The van der Waals surface area contributed by atoms with Gasteiger partial charge in [0.1, 0.15) is 18.1 Å². The third-order valence-electron chi connectivity index (χ3n) is 6.97. The molecule has 11 heteroatoms. The van der Waals surface area contributed by atoms with Crippen LogP contribution in [0.25, 0.3) is 10.9 Å². The van der Waals surface area contributed by atoms with Crippen LogP contribution in [0.5, 0.6) is 17.2 Å². The molecule has 40 heavy (non-hydrogen) atoms. The first-order valence-electron chi connectivity index (χ1n) is 13.3. The number of rotatable bonds is 11. The van der Waals surface area contributed by atoms with Gasteiger partial charge in [-0.15, -0.1) is 5.10 Å². The summed E-state index contributed by atoms with van der Waals surface area (Å²) in [6, 6.07) is 17.0. The van der Waals surface area contributed by atoms with Crippen LogP contribution in [0.1, 0.15) is 49.0 Å². The minimum absolute atomic E-state index is 0.141. The minimum atomic E-state index is -0.194. The maximum atomic E-state index is 13.3. The second-order valence-corrected chi connectivity index (χ2v) is 9.60. The predicted molar refractivity (Wildman–Crippen MR) is 146 cm³/mol. The highest BCUT2D eigenvalue weighted by Gasteiger charge is 2.27. The Morgan fingerprint density at radius 3 is 2.80 bits per heavy atom. The van der Waals surface area contributed by atoms with Gasteiger partial charge in [-0.2, -0.15) is 0 Å². The number of fused-ring (bicyclic) bond motifs is 2. The number of H-pyrrole nitrogens is 1. The van der Waals surface area contributed by atoms with Gasteiger partial charge in [0.15, 0.2) is 17.3 Å². The van der Waals surface area contributed by atoms with Crippen molar-refractivity contribution in [2.24, 2.45) is 0 Å². The molecule has 3 aromatic heterocycles. The lowest BCUT2D eigenvalue weighted by atomic mass is 10.1. The van der Waals surface area contributed by atoms with E-state index in [1.165, 1.54) is 0 Å². The first-order chi connectivity index (χ1) is 19.6. The molecule has 0 saturated carbocycles. The van der Waals surface area contributed by atoms with E-state index in [4.69, 9.17) is 18.6 Å². The fourth-order valence-electron chi connectivity index (χ4n) is 5.09. The van der Waals surface area contributed by atoms with E-state index in [1.54, 1.807) is 10.9 Å². The van der Waals surface area contributed by atoms with Gasteiger partial charge in [0.25, 0.3) is 5.56 Å². The van der Waals surface area contributed by atoms with Crippen LogP contribution in [0.2, 0.25) is 0 Å². The molecular formula is C29H30N6O5. The van der Waals surface area contributed by atoms with Crippen molar-refractivity contribution in [1.82, 2.24) is 30.1 Å². The molecule has 4 heterocycles. The minimum Gasteiger partial charge on any atom is -0.494 e. The Morgan fingerprint density at radius 1 is 1.07 bits per heavy atom. The van der Waals surface area contributed by atoms with Crippen molar-refractivity contribution in [2.45, 2.75) is 45.9 Å². The Labute approximate surface area is 230 Å². The van der Waals surface area contributed by atoms with Gasteiger partial charge in [-0.05, 0) is 77.9 Å². The van der Waals surface area contributed by atoms with Crippen molar-refractivity contribution >= 4 is 10.9 Å². The Hall–Kier alpha value is -4.64. The SMILES string of the molecule is CCOc1ccc2[nH]c(=O)c(CN(Cc3ccc4c(c3)OCO4)C(CC)c3nnnn3Cc3ccco3)cc2c1. The summed E-state index contributed by atoms with van der Waals surface area (Å²) in [5, 5.41) is 13.5. The number of furan rings is 1.